The Morgan fingerprint density at radius 3 is 2.21 bits per heavy atom. The first-order valence-electron chi connectivity index (χ1n) is 14.5. The number of aryl methyl sites for hydroxylation is 2. The van der Waals surface area contributed by atoms with Crippen LogP contribution in [0.2, 0.25) is 0 Å². The van der Waals surface area contributed by atoms with Crippen LogP contribution < -0.4 is 14.8 Å². The molecule has 6 heteroatoms. The maximum atomic E-state index is 11.9. The Balaban J connectivity index is 0.000000374. The van der Waals surface area contributed by atoms with Crippen molar-refractivity contribution in [1.82, 2.24) is 10.2 Å². The van der Waals surface area contributed by atoms with Gasteiger partial charge in [-0.3, -0.25) is 4.79 Å². The van der Waals surface area contributed by atoms with E-state index in [0.29, 0.717) is 5.56 Å². The fourth-order valence-corrected chi connectivity index (χ4v) is 6.08. The fourth-order valence-electron chi connectivity index (χ4n) is 6.08. The van der Waals surface area contributed by atoms with Gasteiger partial charge in [-0.25, -0.2) is 0 Å². The third-order valence-electron chi connectivity index (χ3n) is 8.74. The molecular formula is C36H47N3O3. The number of carbonyl (C=O) groups is 1. The Labute approximate surface area is 252 Å². The van der Waals surface area contributed by atoms with Crippen molar-refractivity contribution in [2.45, 2.75) is 66.3 Å². The first kappa shape index (κ1) is 32.7. The van der Waals surface area contributed by atoms with Crippen molar-refractivity contribution in [2.75, 3.05) is 33.9 Å². The molecule has 1 aliphatic heterocycles. The molecule has 224 valence electrons. The average Bonchev–Trinajstić information content (AvgIpc) is 2.98. The van der Waals surface area contributed by atoms with Gasteiger partial charge in [0.15, 0.2) is 0 Å². The van der Waals surface area contributed by atoms with E-state index in [9.17, 15) is 4.79 Å². The van der Waals surface area contributed by atoms with Gasteiger partial charge in [-0.2, -0.15) is 5.26 Å². The number of fused-ring (bicyclic) bond motifs is 1. The molecule has 0 radical (unpaired) electrons. The third kappa shape index (κ3) is 8.36. The third-order valence-corrected chi connectivity index (χ3v) is 8.74. The number of nitriles is 1. The van der Waals surface area contributed by atoms with Crippen molar-refractivity contribution in [3.63, 3.8) is 0 Å². The van der Waals surface area contributed by atoms with Crippen LogP contribution in [0.4, 0.5) is 0 Å². The quantitative estimate of drug-likeness (QED) is 0.347. The van der Waals surface area contributed by atoms with Crippen molar-refractivity contribution in [2.24, 2.45) is 5.41 Å². The highest BCUT2D eigenvalue weighted by Crippen LogP contribution is 2.48. The molecule has 3 aromatic rings. The van der Waals surface area contributed by atoms with Crippen LogP contribution in [0.5, 0.6) is 11.5 Å². The molecule has 1 saturated heterocycles. The number of hydrogen-bond donors (Lipinski definition) is 1. The second-order valence-electron chi connectivity index (χ2n) is 11.5. The molecule has 1 aliphatic carbocycles. The summed E-state index contributed by atoms with van der Waals surface area (Å²) < 4.78 is 10.5. The van der Waals surface area contributed by atoms with E-state index in [4.69, 9.17) is 14.7 Å². The van der Waals surface area contributed by atoms with E-state index in [2.05, 4.69) is 60.5 Å². The van der Waals surface area contributed by atoms with Gasteiger partial charge in [-0.15, -0.1) is 0 Å². The second kappa shape index (κ2) is 14.9. The zero-order valence-corrected chi connectivity index (χ0v) is 25.1. The second-order valence-corrected chi connectivity index (χ2v) is 11.5. The van der Waals surface area contributed by atoms with Crippen molar-refractivity contribution in [3.05, 3.63) is 94.0 Å². The fraction of sp³-hybridized carbons (Fsp3) is 0.444. The molecule has 0 bridgehead atoms. The Hall–Kier alpha value is -3.82. The van der Waals surface area contributed by atoms with Crippen LogP contribution in [0.15, 0.2) is 60.7 Å². The monoisotopic (exact) mass is 569 g/mol. The summed E-state index contributed by atoms with van der Waals surface area (Å²) in [5.74, 6) is 1.81. The lowest BCUT2D eigenvalue weighted by Crippen LogP contribution is -2.46. The van der Waals surface area contributed by atoms with Crippen LogP contribution >= 0.6 is 0 Å². The molecule has 0 saturated carbocycles. The minimum atomic E-state index is 0. The average molecular weight is 570 g/mol. The van der Waals surface area contributed by atoms with Crippen LogP contribution in [-0.4, -0.2) is 44.7 Å². The predicted molar refractivity (Wildman–Crippen MR) is 170 cm³/mol. The number of benzene rings is 3. The topological polar surface area (TPSA) is 74.6 Å². The van der Waals surface area contributed by atoms with Gasteiger partial charge < -0.3 is 19.7 Å². The first-order chi connectivity index (χ1) is 19.7. The largest absolute Gasteiger partial charge is 0.497 e. The summed E-state index contributed by atoms with van der Waals surface area (Å²) >= 11 is 0. The van der Waals surface area contributed by atoms with Gasteiger partial charge >= 0.3 is 0 Å². The van der Waals surface area contributed by atoms with Gasteiger partial charge in [0, 0.05) is 13.5 Å². The molecule has 1 amide bonds. The molecule has 42 heavy (non-hydrogen) atoms. The van der Waals surface area contributed by atoms with Crippen molar-refractivity contribution < 1.29 is 14.3 Å². The van der Waals surface area contributed by atoms with Crippen LogP contribution in [-0.2, 0) is 17.6 Å². The lowest BCUT2D eigenvalue weighted by molar-refractivity contribution is -0.120. The molecule has 3 aromatic carbocycles. The lowest BCUT2D eigenvalue weighted by atomic mass is 9.64. The Kier molecular flexibility index (Phi) is 11.6. The zero-order valence-electron chi connectivity index (χ0n) is 25.1. The smallest absolute Gasteiger partial charge is 0.217 e. The molecule has 2 aliphatic rings. The Bertz CT molecular complexity index is 1370. The molecule has 1 N–H and O–H groups in total. The number of piperidine rings is 1. The first-order valence-corrected chi connectivity index (χ1v) is 14.5. The molecule has 1 fully saturated rings. The van der Waals surface area contributed by atoms with Crippen LogP contribution in [0.25, 0.3) is 0 Å². The minimum absolute atomic E-state index is 0. The summed E-state index contributed by atoms with van der Waals surface area (Å²) in [5, 5.41) is 12.1. The number of methoxy groups -OCH3 is 2. The number of nitrogens with zero attached hydrogens (tertiary/aromatic N) is 2. The summed E-state index contributed by atoms with van der Waals surface area (Å²) in [6.45, 7) is 9.01. The normalized spacial score (nSPS) is 17.0. The number of nitrogens with one attached hydrogen (secondary N) is 1. The van der Waals surface area contributed by atoms with Crippen molar-refractivity contribution in [1.29, 1.82) is 5.26 Å². The molecule has 6 nitrogen and oxygen atoms in total. The number of hydrogen-bond acceptors (Lipinski definition) is 5. The summed E-state index contributed by atoms with van der Waals surface area (Å²) in [5.41, 5.74) is 7.39. The number of carbonyl (C=O) groups excluding carboxylic acids is 1. The minimum Gasteiger partial charge on any atom is -0.497 e. The van der Waals surface area contributed by atoms with E-state index in [1.165, 1.54) is 27.8 Å². The van der Waals surface area contributed by atoms with E-state index in [1.807, 2.05) is 30.3 Å². The van der Waals surface area contributed by atoms with Gasteiger partial charge in [0.05, 0.1) is 31.9 Å². The van der Waals surface area contributed by atoms with Crippen molar-refractivity contribution >= 4 is 5.91 Å². The summed E-state index contributed by atoms with van der Waals surface area (Å²) in [7, 11) is 3.37. The zero-order chi connectivity index (χ0) is 29.4. The molecule has 5 rings (SSSR count). The highest BCUT2D eigenvalue weighted by atomic mass is 16.5. The number of likely N-dealkylation sites (tertiary alicyclic amines) is 1. The number of rotatable bonds is 6. The molecule has 1 atom stereocenters. The molecule has 0 unspecified atom stereocenters. The Morgan fingerprint density at radius 1 is 0.976 bits per heavy atom. The van der Waals surface area contributed by atoms with E-state index in [0.717, 1.165) is 63.2 Å². The van der Waals surface area contributed by atoms with Crippen LogP contribution in [0.3, 0.4) is 0 Å². The molecular weight excluding hydrogens is 522 g/mol. The van der Waals surface area contributed by atoms with E-state index in [1.54, 1.807) is 21.1 Å². The van der Waals surface area contributed by atoms with E-state index in [-0.39, 0.29) is 24.8 Å². The van der Waals surface area contributed by atoms with Gasteiger partial charge in [-0.05, 0) is 129 Å². The molecule has 0 aromatic heterocycles. The number of amides is 1. The maximum absolute atomic E-state index is 11.9. The Morgan fingerprint density at radius 2 is 1.62 bits per heavy atom. The summed E-state index contributed by atoms with van der Waals surface area (Å²) in [6, 6.07) is 22.5. The standard InChI is InChI=1S/C26H31N3O2.C9H12O.CH4/c1-19(30)28-25-17-26(16-22-7-8-23(31-2)15-24(22)25)10-13-29(14-11-26)12-9-20-3-5-21(18-27)6-4-20;1-7-4-5-9(10-3)6-8(7)2;/h3-8,15,25H,9-14,16-17H2,1-2H3,(H,28,30);4-6H,1-3H3;1H4/t25-;;/m0../s1. The van der Waals surface area contributed by atoms with E-state index < -0.39 is 0 Å². The van der Waals surface area contributed by atoms with Gasteiger partial charge in [-0.1, -0.05) is 31.7 Å². The lowest BCUT2D eigenvalue weighted by Gasteiger charge is -2.47. The summed E-state index contributed by atoms with van der Waals surface area (Å²) in [6.07, 6.45) is 5.39. The van der Waals surface area contributed by atoms with Crippen LogP contribution in [0, 0.1) is 30.6 Å². The number of ether oxygens (including phenoxy) is 2. The van der Waals surface area contributed by atoms with Gasteiger partial charge in [0.2, 0.25) is 5.91 Å². The van der Waals surface area contributed by atoms with Crippen LogP contribution in [0.1, 0.15) is 73.0 Å². The summed E-state index contributed by atoms with van der Waals surface area (Å²) in [4.78, 5) is 14.4. The molecule has 1 heterocycles. The van der Waals surface area contributed by atoms with E-state index >= 15 is 0 Å². The molecule has 1 spiro atoms. The predicted octanol–water partition coefficient (Wildman–Crippen LogP) is 6.96. The maximum Gasteiger partial charge on any atom is 0.217 e. The van der Waals surface area contributed by atoms with Gasteiger partial charge in [0.1, 0.15) is 11.5 Å². The van der Waals surface area contributed by atoms with Crippen molar-refractivity contribution in [3.8, 4) is 17.6 Å². The highest BCUT2D eigenvalue weighted by molar-refractivity contribution is 5.73. The SMILES string of the molecule is C.COc1ccc(C)c(C)c1.COc1ccc2c(c1)[C@@H](NC(C)=O)CC1(CCN(CCc3ccc(C#N)cc3)CC1)C2. The van der Waals surface area contributed by atoms with Gasteiger partial charge in [0.25, 0.3) is 0 Å². The highest BCUT2D eigenvalue weighted by Gasteiger charge is 2.41.